The molecule has 0 fully saturated rings. The Hall–Kier alpha value is -1.83. The van der Waals surface area contributed by atoms with Crippen LogP contribution in [0.2, 0.25) is 0 Å². The number of amidine groups is 1. The SMILES string of the molecule is CC1=CCC(C(=N)N)(c2ccccc2C(C)(C)C)C=C1. The number of allylic oxidation sites excluding steroid dienone is 3. The van der Waals surface area contributed by atoms with Gasteiger partial charge in [-0.25, -0.2) is 0 Å². The summed E-state index contributed by atoms with van der Waals surface area (Å²) in [5.41, 5.74) is 9.17. The molecule has 106 valence electrons. The zero-order chi connectivity index (χ0) is 15.0. The van der Waals surface area contributed by atoms with Crippen molar-refractivity contribution in [1.29, 1.82) is 5.41 Å². The molecule has 1 aromatic carbocycles. The average Bonchev–Trinajstić information content (AvgIpc) is 2.38. The van der Waals surface area contributed by atoms with Gasteiger partial charge in [-0.15, -0.1) is 0 Å². The van der Waals surface area contributed by atoms with Gasteiger partial charge in [-0.05, 0) is 29.9 Å². The second kappa shape index (κ2) is 4.93. The molecule has 0 aliphatic heterocycles. The maximum Gasteiger partial charge on any atom is 0.106 e. The molecule has 2 rings (SSSR count). The zero-order valence-corrected chi connectivity index (χ0v) is 12.8. The Kier molecular flexibility index (Phi) is 3.59. The standard InChI is InChI=1S/C18H24N2/c1-13-9-11-18(12-10-13,16(19)20)15-8-6-5-7-14(15)17(2,3)4/h5-11H,12H2,1-4H3,(H3,19,20). The van der Waals surface area contributed by atoms with Crippen molar-refractivity contribution in [3.63, 3.8) is 0 Å². The van der Waals surface area contributed by atoms with Gasteiger partial charge in [0.2, 0.25) is 0 Å². The number of hydrogen-bond acceptors (Lipinski definition) is 1. The van der Waals surface area contributed by atoms with E-state index in [1.807, 2.05) is 6.07 Å². The van der Waals surface area contributed by atoms with Gasteiger partial charge in [-0.3, -0.25) is 5.41 Å². The van der Waals surface area contributed by atoms with Crippen molar-refractivity contribution in [3.8, 4) is 0 Å². The van der Waals surface area contributed by atoms with Crippen molar-refractivity contribution in [1.82, 2.24) is 0 Å². The highest BCUT2D eigenvalue weighted by atomic mass is 14.8. The van der Waals surface area contributed by atoms with E-state index < -0.39 is 5.41 Å². The second-order valence-corrected chi connectivity index (χ2v) is 6.67. The molecular formula is C18H24N2. The smallest absolute Gasteiger partial charge is 0.106 e. The van der Waals surface area contributed by atoms with E-state index in [4.69, 9.17) is 11.1 Å². The second-order valence-electron chi connectivity index (χ2n) is 6.67. The molecule has 0 saturated carbocycles. The molecule has 0 saturated heterocycles. The molecule has 0 bridgehead atoms. The number of benzene rings is 1. The fourth-order valence-corrected chi connectivity index (χ4v) is 2.80. The van der Waals surface area contributed by atoms with Crippen molar-refractivity contribution in [2.45, 2.75) is 44.9 Å². The van der Waals surface area contributed by atoms with Crippen molar-refractivity contribution < 1.29 is 0 Å². The largest absolute Gasteiger partial charge is 0.387 e. The van der Waals surface area contributed by atoms with E-state index in [2.05, 4.69) is 64.1 Å². The van der Waals surface area contributed by atoms with Gasteiger partial charge in [0.25, 0.3) is 0 Å². The predicted octanol–water partition coefficient (Wildman–Crippen LogP) is 4.06. The molecule has 0 heterocycles. The van der Waals surface area contributed by atoms with Crippen LogP contribution >= 0.6 is 0 Å². The van der Waals surface area contributed by atoms with Crippen molar-refractivity contribution in [3.05, 3.63) is 59.2 Å². The lowest BCUT2D eigenvalue weighted by Crippen LogP contribution is -2.41. The third-order valence-electron chi connectivity index (χ3n) is 4.07. The minimum Gasteiger partial charge on any atom is -0.387 e. The topological polar surface area (TPSA) is 49.9 Å². The molecule has 20 heavy (non-hydrogen) atoms. The van der Waals surface area contributed by atoms with Gasteiger partial charge in [-0.1, -0.05) is 68.8 Å². The maximum absolute atomic E-state index is 8.14. The fourth-order valence-electron chi connectivity index (χ4n) is 2.80. The van der Waals surface area contributed by atoms with Crippen molar-refractivity contribution in [2.75, 3.05) is 0 Å². The third kappa shape index (κ3) is 2.43. The lowest BCUT2D eigenvalue weighted by molar-refractivity contribution is 0.565. The molecule has 1 unspecified atom stereocenters. The van der Waals surface area contributed by atoms with E-state index in [0.29, 0.717) is 0 Å². The Labute approximate surface area is 121 Å². The highest BCUT2D eigenvalue weighted by molar-refractivity contribution is 5.92. The molecule has 1 aliphatic carbocycles. The van der Waals surface area contributed by atoms with Crippen LogP contribution in [-0.2, 0) is 10.8 Å². The monoisotopic (exact) mass is 268 g/mol. The van der Waals surface area contributed by atoms with Gasteiger partial charge < -0.3 is 5.73 Å². The molecular weight excluding hydrogens is 244 g/mol. The van der Waals surface area contributed by atoms with E-state index in [1.54, 1.807) is 0 Å². The van der Waals surface area contributed by atoms with Gasteiger partial charge in [-0.2, -0.15) is 0 Å². The first-order valence-electron chi connectivity index (χ1n) is 7.08. The molecule has 1 atom stereocenters. The molecule has 0 radical (unpaired) electrons. The highest BCUT2D eigenvalue weighted by Crippen LogP contribution is 2.39. The van der Waals surface area contributed by atoms with Crippen molar-refractivity contribution in [2.24, 2.45) is 5.73 Å². The lowest BCUT2D eigenvalue weighted by atomic mass is 9.68. The van der Waals surface area contributed by atoms with Crippen LogP contribution in [-0.4, -0.2) is 5.84 Å². The predicted molar refractivity (Wildman–Crippen MR) is 86.2 cm³/mol. The zero-order valence-electron chi connectivity index (χ0n) is 12.8. The third-order valence-corrected chi connectivity index (χ3v) is 4.07. The van der Waals surface area contributed by atoms with Crippen LogP contribution in [0.3, 0.4) is 0 Å². The number of nitrogens with one attached hydrogen (secondary N) is 1. The van der Waals surface area contributed by atoms with E-state index >= 15 is 0 Å². The number of hydrogen-bond donors (Lipinski definition) is 2. The van der Waals surface area contributed by atoms with Crippen LogP contribution in [0.15, 0.2) is 48.1 Å². The molecule has 2 nitrogen and oxygen atoms in total. The number of nitrogens with two attached hydrogens (primary N) is 1. The van der Waals surface area contributed by atoms with Gasteiger partial charge in [0.1, 0.15) is 5.84 Å². The molecule has 1 aliphatic rings. The van der Waals surface area contributed by atoms with Crippen LogP contribution in [0.5, 0.6) is 0 Å². The minimum absolute atomic E-state index is 0.0308. The summed E-state index contributed by atoms with van der Waals surface area (Å²) in [4.78, 5) is 0. The van der Waals surface area contributed by atoms with E-state index in [0.717, 1.165) is 12.0 Å². The Bertz CT molecular complexity index is 588. The lowest BCUT2D eigenvalue weighted by Gasteiger charge is -2.36. The van der Waals surface area contributed by atoms with Gasteiger partial charge >= 0.3 is 0 Å². The summed E-state index contributed by atoms with van der Waals surface area (Å²) in [6.45, 7) is 8.68. The molecule has 1 aromatic rings. The Morgan fingerprint density at radius 2 is 1.90 bits per heavy atom. The van der Waals surface area contributed by atoms with Crippen LogP contribution in [0.4, 0.5) is 0 Å². The summed E-state index contributed by atoms with van der Waals surface area (Å²) in [6, 6.07) is 8.36. The highest BCUT2D eigenvalue weighted by Gasteiger charge is 2.37. The molecule has 2 heteroatoms. The first kappa shape index (κ1) is 14.6. The van der Waals surface area contributed by atoms with Crippen molar-refractivity contribution >= 4 is 5.84 Å². The molecule has 0 aromatic heterocycles. The summed E-state index contributed by atoms with van der Waals surface area (Å²) in [7, 11) is 0. The van der Waals surface area contributed by atoms with Gasteiger partial charge in [0.15, 0.2) is 0 Å². The summed E-state index contributed by atoms with van der Waals surface area (Å²) in [5.74, 6) is 0.217. The van der Waals surface area contributed by atoms with Crippen LogP contribution in [0, 0.1) is 5.41 Å². The van der Waals surface area contributed by atoms with Crippen LogP contribution in [0.25, 0.3) is 0 Å². The summed E-state index contributed by atoms with van der Waals surface area (Å²) < 4.78 is 0. The molecule has 0 spiro atoms. The summed E-state index contributed by atoms with van der Waals surface area (Å²) >= 11 is 0. The Balaban J connectivity index is 2.64. The van der Waals surface area contributed by atoms with Crippen LogP contribution < -0.4 is 5.73 Å². The fraction of sp³-hybridized carbons (Fsp3) is 0.389. The maximum atomic E-state index is 8.14. The van der Waals surface area contributed by atoms with Gasteiger partial charge in [0.05, 0.1) is 5.41 Å². The minimum atomic E-state index is -0.497. The number of rotatable bonds is 2. The quantitative estimate of drug-likeness (QED) is 0.616. The van der Waals surface area contributed by atoms with Crippen LogP contribution in [0.1, 0.15) is 45.2 Å². The van der Waals surface area contributed by atoms with E-state index in [9.17, 15) is 0 Å². The Morgan fingerprint density at radius 3 is 2.40 bits per heavy atom. The average molecular weight is 268 g/mol. The normalized spacial score (nSPS) is 22.5. The first-order valence-corrected chi connectivity index (χ1v) is 7.08. The van der Waals surface area contributed by atoms with Gasteiger partial charge in [0, 0.05) is 0 Å². The first-order chi connectivity index (χ1) is 9.27. The molecule has 0 amide bonds. The van der Waals surface area contributed by atoms with E-state index in [-0.39, 0.29) is 11.3 Å². The summed E-state index contributed by atoms with van der Waals surface area (Å²) in [6.07, 6.45) is 7.10. The summed E-state index contributed by atoms with van der Waals surface area (Å²) in [5, 5.41) is 8.14. The Morgan fingerprint density at radius 1 is 1.25 bits per heavy atom. The van der Waals surface area contributed by atoms with E-state index in [1.165, 1.54) is 11.1 Å². The molecule has 3 N–H and O–H groups in total.